The molecular formula is C14H13FN2. The minimum atomic E-state index is -0.466. The van der Waals surface area contributed by atoms with Crippen molar-refractivity contribution < 1.29 is 4.39 Å². The predicted octanol–water partition coefficient (Wildman–Crippen LogP) is 3.06. The summed E-state index contributed by atoms with van der Waals surface area (Å²) in [6, 6.07) is 3.54. The Balaban J connectivity index is 2.98. The maximum atomic E-state index is 13.6. The van der Waals surface area contributed by atoms with Crippen LogP contribution in [0.2, 0.25) is 0 Å². The SMILES string of the molecule is C#Cc1c(F)cnc2cc(N)cc(C(C)C)c12. The Kier molecular flexibility index (Phi) is 2.72. The molecule has 0 fully saturated rings. The average Bonchev–Trinajstić information content (AvgIpc) is 2.28. The van der Waals surface area contributed by atoms with E-state index in [0.29, 0.717) is 16.6 Å². The molecule has 2 nitrogen and oxygen atoms in total. The number of nitrogen functional groups attached to an aromatic ring is 1. The van der Waals surface area contributed by atoms with Crippen LogP contribution < -0.4 is 5.73 Å². The van der Waals surface area contributed by atoms with Gasteiger partial charge in [0.1, 0.15) is 0 Å². The molecule has 1 aromatic carbocycles. The van der Waals surface area contributed by atoms with Gasteiger partial charge in [0.25, 0.3) is 0 Å². The summed E-state index contributed by atoms with van der Waals surface area (Å²) in [6.45, 7) is 4.03. The standard InChI is InChI=1S/C14H13FN2/c1-4-10-12(15)7-17-13-6-9(16)5-11(8(2)3)14(10)13/h1,5-8H,16H2,2-3H3. The van der Waals surface area contributed by atoms with Crippen molar-refractivity contribution in [3.63, 3.8) is 0 Å². The van der Waals surface area contributed by atoms with Crippen LogP contribution in [0, 0.1) is 18.2 Å². The summed E-state index contributed by atoms with van der Waals surface area (Å²) in [5.74, 6) is 2.14. The Bertz CT molecular complexity index is 624. The largest absolute Gasteiger partial charge is 0.399 e. The van der Waals surface area contributed by atoms with Crippen molar-refractivity contribution in [3.05, 3.63) is 35.3 Å². The van der Waals surface area contributed by atoms with Crippen molar-refractivity contribution >= 4 is 16.6 Å². The first-order chi connectivity index (χ1) is 8.04. The fraction of sp³-hybridized carbons (Fsp3) is 0.214. The molecule has 0 saturated carbocycles. The van der Waals surface area contributed by atoms with Gasteiger partial charge in [-0.2, -0.15) is 0 Å². The van der Waals surface area contributed by atoms with Crippen molar-refractivity contribution in [1.29, 1.82) is 0 Å². The van der Waals surface area contributed by atoms with Gasteiger partial charge in [-0.05, 0) is 23.6 Å². The molecule has 0 unspecified atom stereocenters. The molecule has 17 heavy (non-hydrogen) atoms. The second kappa shape index (κ2) is 4.06. The molecule has 0 atom stereocenters. The van der Waals surface area contributed by atoms with Crippen LogP contribution in [0.25, 0.3) is 10.9 Å². The molecule has 0 aliphatic carbocycles. The van der Waals surface area contributed by atoms with Gasteiger partial charge in [-0.25, -0.2) is 4.39 Å². The molecule has 0 aliphatic rings. The third-order valence-corrected chi connectivity index (χ3v) is 2.74. The zero-order valence-corrected chi connectivity index (χ0v) is 9.79. The summed E-state index contributed by atoms with van der Waals surface area (Å²) in [5.41, 5.74) is 8.26. The highest BCUT2D eigenvalue weighted by Gasteiger charge is 2.14. The molecule has 2 aromatic rings. The maximum absolute atomic E-state index is 13.6. The average molecular weight is 228 g/mol. The van der Waals surface area contributed by atoms with Gasteiger partial charge in [-0.15, -0.1) is 6.42 Å². The highest BCUT2D eigenvalue weighted by Crippen LogP contribution is 2.30. The normalized spacial score (nSPS) is 10.8. The van der Waals surface area contributed by atoms with Gasteiger partial charge in [-0.1, -0.05) is 19.8 Å². The van der Waals surface area contributed by atoms with E-state index in [1.807, 2.05) is 19.9 Å². The van der Waals surface area contributed by atoms with Crippen LogP contribution in [0.5, 0.6) is 0 Å². The number of aromatic nitrogens is 1. The molecule has 0 radical (unpaired) electrons. The summed E-state index contributed by atoms with van der Waals surface area (Å²) >= 11 is 0. The topological polar surface area (TPSA) is 38.9 Å². The van der Waals surface area contributed by atoms with Crippen molar-refractivity contribution in [2.75, 3.05) is 5.73 Å². The predicted molar refractivity (Wildman–Crippen MR) is 68.1 cm³/mol. The molecule has 2 rings (SSSR count). The number of halogens is 1. The summed E-state index contributed by atoms with van der Waals surface area (Å²) < 4.78 is 13.6. The van der Waals surface area contributed by atoms with Gasteiger partial charge in [0.05, 0.1) is 17.3 Å². The molecule has 2 N–H and O–H groups in total. The van der Waals surface area contributed by atoms with Crippen molar-refractivity contribution in [2.24, 2.45) is 0 Å². The molecule has 0 spiro atoms. The Morgan fingerprint density at radius 3 is 2.71 bits per heavy atom. The van der Waals surface area contributed by atoms with Crippen LogP contribution in [0.1, 0.15) is 30.9 Å². The summed E-state index contributed by atoms with van der Waals surface area (Å²) in [5, 5.41) is 0.691. The van der Waals surface area contributed by atoms with Crippen LogP contribution in [0.4, 0.5) is 10.1 Å². The Hall–Kier alpha value is -2.08. The number of rotatable bonds is 1. The number of benzene rings is 1. The van der Waals surface area contributed by atoms with E-state index >= 15 is 0 Å². The molecule has 3 heteroatoms. The quantitative estimate of drug-likeness (QED) is 0.601. The molecule has 1 aromatic heterocycles. The van der Waals surface area contributed by atoms with E-state index in [1.54, 1.807) is 6.07 Å². The van der Waals surface area contributed by atoms with E-state index in [2.05, 4.69) is 10.9 Å². The first kappa shape index (κ1) is 11.4. The molecule has 0 bridgehead atoms. The maximum Gasteiger partial charge on any atom is 0.157 e. The van der Waals surface area contributed by atoms with Crippen molar-refractivity contribution in [1.82, 2.24) is 4.98 Å². The summed E-state index contributed by atoms with van der Waals surface area (Å²) in [6.07, 6.45) is 6.51. The third-order valence-electron chi connectivity index (χ3n) is 2.74. The van der Waals surface area contributed by atoms with E-state index in [-0.39, 0.29) is 11.5 Å². The third kappa shape index (κ3) is 1.83. The minimum absolute atomic E-state index is 0.205. The van der Waals surface area contributed by atoms with Gasteiger partial charge < -0.3 is 5.73 Å². The molecule has 0 aliphatic heterocycles. The van der Waals surface area contributed by atoms with E-state index in [1.165, 1.54) is 0 Å². The van der Waals surface area contributed by atoms with Gasteiger partial charge in [-0.3, -0.25) is 4.98 Å². The molecule has 0 amide bonds. The second-order valence-electron chi connectivity index (χ2n) is 4.28. The number of fused-ring (bicyclic) bond motifs is 1. The van der Waals surface area contributed by atoms with E-state index < -0.39 is 5.82 Å². The smallest absolute Gasteiger partial charge is 0.157 e. The lowest BCUT2D eigenvalue weighted by Gasteiger charge is -2.12. The first-order valence-corrected chi connectivity index (χ1v) is 5.38. The number of hydrogen-bond acceptors (Lipinski definition) is 2. The lowest BCUT2D eigenvalue weighted by Crippen LogP contribution is -1.99. The highest BCUT2D eigenvalue weighted by molar-refractivity contribution is 5.91. The number of anilines is 1. The van der Waals surface area contributed by atoms with E-state index in [0.717, 1.165) is 11.8 Å². The van der Waals surface area contributed by atoms with Gasteiger partial charge in [0, 0.05) is 11.1 Å². The van der Waals surface area contributed by atoms with E-state index in [9.17, 15) is 4.39 Å². The van der Waals surface area contributed by atoms with E-state index in [4.69, 9.17) is 12.2 Å². The van der Waals surface area contributed by atoms with Crippen LogP contribution in [-0.4, -0.2) is 4.98 Å². The van der Waals surface area contributed by atoms with Crippen LogP contribution in [-0.2, 0) is 0 Å². The minimum Gasteiger partial charge on any atom is -0.399 e. The summed E-state index contributed by atoms with van der Waals surface area (Å²) in [7, 11) is 0. The monoisotopic (exact) mass is 228 g/mol. The number of nitrogens with zero attached hydrogens (tertiary/aromatic N) is 1. The van der Waals surface area contributed by atoms with Crippen LogP contribution in [0.3, 0.4) is 0 Å². The number of nitrogens with two attached hydrogens (primary N) is 1. The Morgan fingerprint density at radius 2 is 2.12 bits per heavy atom. The molecule has 0 saturated heterocycles. The zero-order valence-electron chi connectivity index (χ0n) is 9.79. The highest BCUT2D eigenvalue weighted by atomic mass is 19.1. The fourth-order valence-electron chi connectivity index (χ4n) is 1.95. The van der Waals surface area contributed by atoms with Crippen LogP contribution >= 0.6 is 0 Å². The number of hydrogen-bond donors (Lipinski definition) is 1. The van der Waals surface area contributed by atoms with Crippen LogP contribution in [0.15, 0.2) is 18.3 Å². The first-order valence-electron chi connectivity index (χ1n) is 5.38. The van der Waals surface area contributed by atoms with Crippen molar-refractivity contribution in [2.45, 2.75) is 19.8 Å². The van der Waals surface area contributed by atoms with Crippen molar-refractivity contribution in [3.8, 4) is 12.3 Å². The zero-order chi connectivity index (χ0) is 12.6. The lowest BCUT2D eigenvalue weighted by atomic mass is 9.94. The molecular weight excluding hydrogens is 215 g/mol. The molecule has 1 heterocycles. The van der Waals surface area contributed by atoms with Gasteiger partial charge in [0.15, 0.2) is 5.82 Å². The lowest BCUT2D eigenvalue weighted by molar-refractivity contribution is 0.620. The number of pyridine rings is 1. The molecule has 86 valence electrons. The fourth-order valence-corrected chi connectivity index (χ4v) is 1.95. The summed E-state index contributed by atoms with van der Waals surface area (Å²) in [4.78, 5) is 4.04. The number of terminal acetylenes is 1. The second-order valence-corrected chi connectivity index (χ2v) is 4.28. The Morgan fingerprint density at radius 1 is 1.41 bits per heavy atom. The Labute approximate surface area is 99.7 Å². The van der Waals surface area contributed by atoms with Gasteiger partial charge in [0.2, 0.25) is 0 Å². The van der Waals surface area contributed by atoms with Gasteiger partial charge >= 0.3 is 0 Å².